The van der Waals surface area contributed by atoms with Gasteiger partial charge in [0.25, 0.3) is 5.91 Å². The first-order valence-electron chi connectivity index (χ1n) is 4.90. The predicted octanol–water partition coefficient (Wildman–Crippen LogP) is 0.862. The third kappa shape index (κ3) is 1.68. The van der Waals surface area contributed by atoms with Crippen molar-refractivity contribution >= 4 is 5.91 Å². The van der Waals surface area contributed by atoms with Crippen LogP contribution in [0.15, 0.2) is 18.2 Å². The van der Waals surface area contributed by atoms with Gasteiger partial charge in [0.15, 0.2) is 0 Å². The molecular formula is C11H13NO3. The molecule has 0 radical (unpaired) electrons. The van der Waals surface area contributed by atoms with Gasteiger partial charge in [0.1, 0.15) is 5.75 Å². The highest BCUT2D eigenvalue weighted by Crippen LogP contribution is 2.34. The van der Waals surface area contributed by atoms with Crippen LogP contribution in [0.2, 0.25) is 0 Å². The minimum absolute atomic E-state index is 0.194. The molecule has 4 nitrogen and oxygen atoms in total. The van der Waals surface area contributed by atoms with Crippen molar-refractivity contribution in [2.24, 2.45) is 0 Å². The molecule has 1 atom stereocenters. The molecule has 0 saturated heterocycles. The third-order valence-electron chi connectivity index (χ3n) is 2.51. The monoisotopic (exact) mass is 207 g/mol. The SMILES string of the molecule is CNC(=O)c1cccc2c1OCCC2O. The van der Waals surface area contributed by atoms with Crippen molar-refractivity contribution in [3.8, 4) is 5.75 Å². The summed E-state index contributed by atoms with van der Waals surface area (Å²) in [4.78, 5) is 11.5. The summed E-state index contributed by atoms with van der Waals surface area (Å²) in [6.45, 7) is 0.447. The van der Waals surface area contributed by atoms with E-state index in [2.05, 4.69) is 5.32 Å². The van der Waals surface area contributed by atoms with Crippen LogP contribution in [0.1, 0.15) is 28.4 Å². The second-order valence-electron chi connectivity index (χ2n) is 3.46. The molecule has 2 rings (SSSR count). The number of aliphatic hydroxyl groups is 1. The molecule has 2 N–H and O–H groups in total. The van der Waals surface area contributed by atoms with Crippen molar-refractivity contribution in [1.82, 2.24) is 5.32 Å². The van der Waals surface area contributed by atoms with Gasteiger partial charge in [-0.15, -0.1) is 0 Å². The lowest BCUT2D eigenvalue weighted by Gasteiger charge is -2.23. The first kappa shape index (κ1) is 9.98. The third-order valence-corrected chi connectivity index (χ3v) is 2.51. The lowest BCUT2D eigenvalue weighted by atomic mass is 9.99. The first-order chi connectivity index (χ1) is 7.24. The molecule has 1 aliphatic rings. The Morgan fingerprint density at radius 1 is 1.60 bits per heavy atom. The fourth-order valence-corrected chi connectivity index (χ4v) is 1.72. The molecule has 1 heterocycles. The number of carbonyl (C=O) groups excluding carboxylic acids is 1. The summed E-state index contributed by atoms with van der Waals surface area (Å²) in [5.41, 5.74) is 1.18. The Hall–Kier alpha value is -1.55. The number of nitrogens with one attached hydrogen (secondary N) is 1. The lowest BCUT2D eigenvalue weighted by molar-refractivity contribution is 0.0943. The Morgan fingerprint density at radius 2 is 2.40 bits per heavy atom. The number of carbonyl (C=O) groups is 1. The number of hydrogen-bond donors (Lipinski definition) is 2. The Kier molecular flexibility index (Phi) is 2.60. The zero-order valence-electron chi connectivity index (χ0n) is 8.49. The van der Waals surface area contributed by atoms with E-state index in [-0.39, 0.29) is 5.91 Å². The largest absolute Gasteiger partial charge is 0.492 e. The van der Waals surface area contributed by atoms with E-state index in [4.69, 9.17) is 4.74 Å². The molecule has 0 bridgehead atoms. The van der Waals surface area contributed by atoms with E-state index in [1.165, 1.54) is 0 Å². The Morgan fingerprint density at radius 3 is 3.13 bits per heavy atom. The molecule has 0 spiro atoms. The molecule has 15 heavy (non-hydrogen) atoms. The van der Waals surface area contributed by atoms with Crippen molar-refractivity contribution in [1.29, 1.82) is 0 Å². The van der Waals surface area contributed by atoms with Crippen molar-refractivity contribution in [3.63, 3.8) is 0 Å². The van der Waals surface area contributed by atoms with Gasteiger partial charge in [0.05, 0.1) is 18.3 Å². The fraction of sp³-hybridized carbons (Fsp3) is 0.364. The second-order valence-corrected chi connectivity index (χ2v) is 3.46. The molecule has 1 aliphatic heterocycles. The van der Waals surface area contributed by atoms with Crippen LogP contribution in [-0.2, 0) is 0 Å². The van der Waals surface area contributed by atoms with Gasteiger partial charge in [-0.1, -0.05) is 12.1 Å². The summed E-state index contributed by atoms with van der Waals surface area (Å²) in [5.74, 6) is 0.316. The molecule has 1 unspecified atom stereocenters. The molecule has 4 heteroatoms. The van der Waals surface area contributed by atoms with Crippen LogP contribution in [0.25, 0.3) is 0 Å². The number of para-hydroxylation sites is 1. The number of rotatable bonds is 1. The maximum atomic E-state index is 11.5. The zero-order chi connectivity index (χ0) is 10.8. The number of benzene rings is 1. The Balaban J connectivity index is 2.49. The molecule has 1 aromatic carbocycles. The quantitative estimate of drug-likeness (QED) is 0.718. The molecule has 1 amide bonds. The number of aliphatic hydroxyl groups excluding tert-OH is 1. The van der Waals surface area contributed by atoms with E-state index in [0.29, 0.717) is 29.9 Å². The molecule has 1 aromatic rings. The van der Waals surface area contributed by atoms with E-state index in [0.717, 1.165) is 0 Å². The fourth-order valence-electron chi connectivity index (χ4n) is 1.72. The van der Waals surface area contributed by atoms with E-state index in [9.17, 15) is 9.90 Å². The van der Waals surface area contributed by atoms with Crippen molar-refractivity contribution in [2.45, 2.75) is 12.5 Å². The molecular weight excluding hydrogens is 194 g/mol. The second kappa shape index (κ2) is 3.90. The summed E-state index contributed by atoms with van der Waals surface area (Å²) in [5, 5.41) is 12.3. The van der Waals surface area contributed by atoms with Gasteiger partial charge in [0.2, 0.25) is 0 Å². The van der Waals surface area contributed by atoms with Gasteiger partial charge in [-0.3, -0.25) is 4.79 Å². The topological polar surface area (TPSA) is 58.6 Å². The van der Waals surface area contributed by atoms with Crippen molar-refractivity contribution in [3.05, 3.63) is 29.3 Å². The van der Waals surface area contributed by atoms with Gasteiger partial charge < -0.3 is 15.2 Å². The first-order valence-corrected chi connectivity index (χ1v) is 4.90. The van der Waals surface area contributed by atoms with Gasteiger partial charge in [0, 0.05) is 19.0 Å². The van der Waals surface area contributed by atoms with Gasteiger partial charge in [-0.05, 0) is 6.07 Å². The van der Waals surface area contributed by atoms with E-state index in [1.54, 1.807) is 25.2 Å². The summed E-state index contributed by atoms with van der Waals surface area (Å²) >= 11 is 0. The summed E-state index contributed by atoms with van der Waals surface area (Å²) in [6.07, 6.45) is 0.0443. The number of fused-ring (bicyclic) bond motifs is 1. The molecule has 80 valence electrons. The minimum atomic E-state index is -0.529. The van der Waals surface area contributed by atoms with Crippen LogP contribution < -0.4 is 10.1 Å². The molecule has 0 saturated carbocycles. The smallest absolute Gasteiger partial charge is 0.254 e. The lowest BCUT2D eigenvalue weighted by Crippen LogP contribution is -2.22. The van der Waals surface area contributed by atoms with Crippen molar-refractivity contribution < 1.29 is 14.6 Å². The van der Waals surface area contributed by atoms with E-state index in [1.807, 2.05) is 0 Å². The average molecular weight is 207 g/mol. The highest BCUT2D eigenvalue weighted by molar-refractivity contribution is 5.97. The highest BCUT2D eigenvalue weighted by Gasteiger charge is 2.23. The standard InChI is InChI=1S/C11H13NO3/c1-12-11(14)8-4-2-3-7-9(13)5-6-15-10(7)8/h2-4,9,13H,5-6H2,1H3,(H,12,14). The van der Waals surface area contributed by atoms with E-state index < -0.39 is 6.10 Å². The molecule has 0 aliphatic carbocycles. The molecule has 0 aromatic heterocycles. The normalized spacial score (nSPS) is 18.9. The zero-order valence-corrected chi connectivity index (χ0v) is 8.49. The van der Waals surface area contributed by atoms with Crippen molar-refractivity contribution in [2.75, 3.05) is 13.7 Å². The highest BCUT2D eigenvalue weighted by atomic mass is 16.5. The summed E-state index contributed by atoms with van der Waals surface area (Å²) < 4.78 is 5.43. The maximum absolute atomic E-state index is 11.5. The number of amides is 1. The van der Waals surface area contributed by atoms with Gasteiger partial charge >= 0.3 is 0 Å². The van der Waals surface area contributed by atoms with E-state index >= 15 is 0 Å². The minimum Gasteiger partial charge on any atom is -0.492 e. The Bertz CT molecular complexity index is 389. The summed E-state index contributed by atoms with van der Waals surface area (Å²) in [6, 6.07) is 5.22. The van der Waals surface area contributed by atoms with Gasteiger partial charge in [-0.25, -0.2) is 0 Å². The Labute approximate surface area is 87.9 Å². The predicted molar refractivity (Wildman–Crippen MR) is 54.9 cm³/mol. The summed E-state index contributed by atoms with van der Waals surface area (Å²) in [7, 11) is 1.57. The average Bonchev–Trinajstić information content (AvgIpc) is 2.28. The molecule has 0 fully saturated rings. The van der Waals surface area contributed by atoms with Gasteiger partial charge in [-0.2, -0.15) is 0 Å². The van der Waals surface area contributed by atoms with Crippen LogP contribution in [-0.4, -0.2) is 24.7 Å². The van der Waals surface area contributed by atoms with Crippen LogP contribution in [0, 0.1) is 0 Å². The van der Waals surface area contributed by atoms with Crippen LogP contribution in [0.4, 0.5) is 0 Å². The van der Waals surface area contributed by atoms with Crippen LogP contribution in [0.3, 0.4) is 0 Å². The maximum Gasteiger partial charge on any atom is 0.254 e. The van der Waals surface area contributed by atoms with Crippen LogP contribution in [0.5, 0.6) is 5.75 Å². The number of ether oxygens (including phenoxy) is 1. The van der Waals surface area contributed by atoms with Crippen LogP contribution >= 0.6 is 0 Å². The number of hydrogen-bond acceptors (Lipinski definition) is 3.